The molecule has 1 aromatic carbocycles. The molecule has 12 nitrogen and oxygen atoms in total. The zero-order chi connectivity index (χ0) is 28.7. The molecule has 0 aliphatic carbocycles. The van der Waals surface area contributed by atoms with Crippen molar-refractivity contribution >= 4 is 23.9 Å². The maximum atomic E-state index is 12.1. The Hall–Kier alpha value is -3.93. The highest BCUT2D eigenvalue weighted by Crippen LogP contribution is 2.32. The van der Waals surface area contributed by atoms with E-state index in [1.807, 2.05) is 31.2 Å². The molecule has 0 bridgehead atoms. The van der Waals surface area contributed by atoms with Crippen LogP contribution in [0.5, 0.6) is 5.88 Å². The summed E-state index contributed by atoms with van der Waals surface area (Å²) in [5, 5.41) is 7.15. The second-order valence-electron chi connectivity index (χ2n) is 9.16. The molecule has 0 unspecified atom stereocenters. The van der Waals surface area contributed by atoms with Gasteiger partial charge in [-0.15, -0.1) is 5.10 Å². The van der Waals surface area contributed by atoms with Gasteiger partial charge >= 0.3 is 23.9 Å². The molecule has 2 aromatic rings. The number of hydrogen-bond donors (Lipinski definition) is 1. The number of aryl methyl sites for hydroxylation is 2. The summed E-state index contributed by atoms with van der Waals surface area (Å²) < 4.78 is 33.6. The molecule has 1 aromatic heterocycles. The zero-order valence-corrected chi connectivity index (χ0v) is 22.8. The lowest BCUT2D eigenvalue weighted by Crippen LogP contribution is -2.63. The summed E-state index contributed by atoms with van der Waals surface area (Å²) in [4.78, 5) is 47.5. The Morgan fingerprint density at radius 3 is 1.97 bits per heavy atom. The molecule has 1 aliphatic heterocycles. The van der Waals surface area contributed by atoms with Crippen LogP contribution in [0.25, 0.3) is 0 Å². The van der Waals surface area contributed by atoms with Crippen LogP contribution in [0, 0.1) is 6.92 Å². The van der Waals surface area contributed by atoms with E-state index in [-0.39, 0.29) is 12.5 Å². The first-order valence-corrected chi connectivity index (χ1v) is 12.6. The van der Waals surface area contributed by atoms with Crippen LogP contribution in [0.1, 0.15) is 57.0 Å². The first-order chi connectivity index (χ1) is 18.5. The fourth-order valence-electron chi connectivity index (χ4n) is 4.23. The standard InChI is InChI=1S/C27H34N2O10/c1-7-19-8-10-20(11-9-19)12-21-14(2)28-29-26(21)39-27-25(37-18(6)33)24(36-17(5)32)23(35-16(4)31)22(38-27)13-34-15(3)30/h8-11,22-25,27H,7,12-13H2,1-6H3,(H,28,29)/t22-,23-,24+,25-,27+/m1/s1. The van der Waals surface area contributed by atoms with Gasteiger partial charge in [-0.05, 0) is 24.5 Å². The van der Waals surface area contributed by atoms with E-state index in [1.54, 1.807) is 0 Å². The Bertz CT molecular complexity index is 1180. The second-order valence-corrected chi connectivity index (χ2v) is 9.16. The molecule has 1 N–H and O–H groups in total. The quantitative estimate of drug-likeness (QED) is 0.345. The highest BCUT2D eigenvalue weighted by Gasteiger charge is 2.53. The van der Waals surface area contributed by atoms with E-state index < -0.39 is 54.6 Å². The molecule has 212 valence electrons. The van der Waals surface area contributed by atoms with Gasteiger partial charge in [0.25, 0.3) is 0 Å². The zero-order valence-electron chi connectivity index (χ0n) is 22.8. The summed E-state index contributed by atoms with van der Waals surface area (Å²) in [5.74, 6) is -2.60. The van der Waals surface area contributed by atoms with Crippen LogP contribution in [-0.4, -0.2) is 71.4 Å². The largest absolute Gasteiger partial charge is 0.463 e. The van der Waals surface area contributed by atoms with Gasteiger partial charge in [-0.1, -0.05) is 31.2 Å². The van der Waals surface area contributed by atoms with Crippen molar-refractivity contribution in [3.05, 3.63) is 46.6 Å². The number of esters is 4. The number of nitrogens with zero attached hydrogens (tertiary/aromatic N) is 1. The minimum absolute atomic E-state index is 0.174. The number of ether oxygens (including phenoxy) is 6. The monoisotopic (exact) mass is 546 g/mol. The predicted octanol–water partition coefficient (Wildman–Crippen LogP) is 2.33. The minimum Gasteiger partial charge on any atom is -0.463 e. The predicted molar refractivity (Wildman–Crippen MR) is 135 cm³/mol. The SMILES string of the molecule is CCc1ccc(Cc2c(O[C@@H]3O[C@H](COC(C)=O)[C@@H](OC(C)=O)[C@H](OC(C)=O)[C@H]3OC(C)=O)n[nH]c2C)cc1. The molecule has 12 heteroatoms. The topological polar surface area (TPSA) is 152 Å². The average molecular weight is 547 g/mol. The lowest BCUT2D eigenvalue weighted by atomic mass is 9.98. The fraction of sp³-hybridized carbons (Fsp3) is 0.519. The van der Waals surface area contributed by atoms with Crippen LogP contribution in [0.15, 0.2) is 24.3 Å². The highest BCUT2D eigenvalue weighted by molar-refractivity contribution is 5.68. The third-order valence-corrected chi connectivity index (χ3v) is 6.02. The molecule has 1 saturated heterocycles. The molecule has 0 spiro atoms. The molecule has 1 fully saturated rings. The van der Waals surface area contributed by atoms with Gasteiger partial charge in [-0.25, -0.2) is 0 Å². The van der Waals surface area contributed by atoms with E-state index in [9.17, 15) is 19.2 Å². The van der Waals surface area contributed by atoms with Gasteiger partial charge in [0.15, 0.2) is 12.2 Å². The molecule has 0 saturated carbocycles. The summed E-state index contributed by atoms with van der Waals surface area (Å²) in [5.41, 5.74) is 3.70. The van der Waals surface area contributed by atoms with Gasteiger partial charge in [0, 0.05) is 45.4 Å². The van der Waals surface area contributed by atoms with Gasteiger partial charge in [-0.2, -0.15) is 0 Å². The van der Waals surface area contributed by atoms with Crippen molar-refractivity contribution in [3.63, 3.8) is 0 Å². The Balaban J connectivity index is 1.97. The molecule has 2 heterocycles. The molecule has 0 radical (unpaired) electrons. The molecule has 0 amide bonds. The number of nitrogens with one attached hydrogen (secondary N) is 1. The molecule has 1 aliphatic rings. The van der Waals surface area contributed by atoms with Gasteiger partial charge < -0.3 is 28.4 Å². The minimum atomic E-state index is -1.37. The number of carbonyl (C=O) groups is 4. The molecule has 39 heavy (non-hydrogen) atoms. The number of rotatable bonds is 10. The first kappa shape index (κ1) is 29.6. The van der Waals surface area contributed by atoms with Gasteiger partial charge in [-0.3, -0.25) is 24.3 Å². The lowest BCUT2D eigenvalue weighted by molar-refractivity contribution is -0.289. The average Bonchev–Trinajstić information content (AvgIpc) is 3.19. The number of hydrogen-bond acceptors (Lipinski definition) is 11. The summed E-state index contributed by atoms with van der Waals surface area (Å²) in [6, 6.07) is 8.13. The summed E-state index contributed by atoms with van der Waals surface area (Å²) in [6.45, 7) is 8.24. The summed E-state index contributed by atoms with van der Waals surface area (Å²) >= 11 is 0. The van der Waals surface area contributed by atoms with E-state index in [1.165, 1.54) is 12.5 Å². The molecule has 3 rings (SSSR count). The first-order valence-electron chi connectivity index (χ1n) is 12.6. The molecular weight excluding hydrogens is 512 g/mol. The van der Waals surface area contributed by atoms with Crippen LogP contribution < -0.4 is 4.74 Å². The van der Waals surface area contributed by atoms with E-state index in [2.05, 4.69) is 17.1 Å². The van der Waals surface area contributed by atoms with Crippen molar-refractivity contribution in [2.24, 2.45) is 0 Å². The van der Waals surface area contributed by atoms with Crippen molar-refractivity contribution in [2.45, 2.75) is 85.1 Å². The van der Waals surface area contributed by atoms with Crippen LogP contribution in [0.4, 0.5) is 0 Å². The highest BCUT2D eigenvalue weighted by atomic mass is 16.7. The van der Waals surface area contributed by atoms with E-state index in [4.69, 9.17) is 28.4 Å². The summed E-state index contributed by atoms with van der Waals surface area (Å²) in [6.07, 6.45) is -5.04. The van der Waals surface area contributed by atoms with Gasteiger partial charge in [0.05, 0.1) is 0 Å². The Kier molecular flexibility index (Phi) is 10.0. The van der Waals surface area contributed by atoms with Crippen molar-refractivity contribution in [2.75, 3.05) is 6.61 Å². The maximum Gasteiger partial charge on any atom is 0.303 e. The lowest BCUT2D eigenvalue weighted by Gasteiger charge is -2.43. The summed E-state index contributed by atoms with van der Waals surface area (Å²) in [7, 11) is 0. The van der Waals surface area contributed by atoms with Crippen LogP contribution >= 0.6 is 0 Å². The van der Waals surface area contributed by atoms with Crippen LogP contribution in [0.2, 0.25) is 0 Å². The number of benzene rings is 1. The second kappa shape index (κ2) is 13.2. The number of aromatic amines is 1. The van der Waals surface area contributed by atoms with E-state index >= 15 is 0 Å². The Morgan fingerprint density at radius 2 is 1.41 bits per heavy atom. The number of H-pyrrole nitrogens is 1. The number of carbonyl (C=O) groups excluding carboxylic acids is 4. The van der Waals surface area contributed by atoms with Crippen molar-refractivity contribution < 1.29 is 47.6 Å². The van der Waals surface area contributed by atoms with Gasteiger partial charge in [0.1, 0.15) is 12.7 Å². The van der Waals surface area contributed by atoms with Gasteiger partial charge in [0.2, 0.25) is 18.3 Å². The Labute approximate surface area is 226 Å². The van der Waals surface area contributed by atoms with Crippen LogP contribution in [-0.2, 0) is 55.7 Å². The van der Waals surface area contributed by atoms with Crippen LogP contribution in [0.3, 0.4) is 0 Å². The smallest absolute Gasteiger partial charge is 0.303 e. The third-order valence-electron chi connectivity index (χ3n) is 6.02. The van der Waals surface area contributed by atoms with Crippen molar-refractivity contribution in [1.82, 2.24) is 10.2 Å². The maximum absolute atomic E-state index is 12.1. The normalized spacial score (nSPS) is 22.5. The fourth-order valence-corrected chi connectivity index (χ4v) is 4.23. The molecular formula is C27H34N2O10. The van der Waals surface area contributed by atoms with E-state index in [0.717, 1.165) is 44.0 Å². The Morgan fingerprint density at radius 1 is 0.846 bits per heavy atom. The van der Waals surface area contributed by atoms with Crippen molar-refractivity contribution in [3.8, 4) is 5.88 Å². The van der Waals surface area contributed by atoms with E-state index in [0.29, 0.717) is 6.42 Å². The molecule has 5 atom stereocenters. The number of aromatic nitrogens is 2. The third kappa shape index (κ3) is 8.03. The van der Waals surface area contributed by atoms with Crippen molar-refractivity contribution in [1.29, 1.82) is 0 Å².